The van der Waals surface area contributed by atoms with Gasteiger partial charge >= 0.3 is 0 Å². The molecule has 1 aliphatic rings. The Hall–Kier alpha value is -0.930. The molecule has 0 radical (unpaired) electrons. The van der Waals surface area contributed by atoms with Crippen LogP contribution in [0.1, 0.15) is 44.5 Å². The lowest BCUT2D eigenvalue weighted by Crippen LogP contribution is -2.29. The molecule has 0 spiro atoms. The standard InChI is InChI=1S/C16H27N3/c1-14(2)11-17-12-15-7-6-8-16(18-15)13-19-9-4-3-5-10-19/h6-8,14,17H,3-5,9-13H2,1-2H3. The molecule has 1 saturated heterocycles. The Bertz CT molecular complexity index is 370. The van der Waals surface area contributed by atoms with Crippen LogP contribution in [0, 0.1) is 5.92 Å². The zero-order valence-electron chi connectivity index (χ0n) is 12.4. The Labute approximate surface area is 117 Å². The number of hydrogen-bond donors (Lipinski definition) is 1. The largest absolute Gasteiger partial charge is 0.311 e. The molecule has 1 aromatic rings. The summed E-state index contributed by atoms with van der Waals surface area (Å²) in [5.41, 5.74) is 2.38. The summed E-state index contributed by atoms with van der Waals surface area (Å²) in [6.07, 6.45) is 4.08. The van der Waals surface area contributed by atoms with Gasteiger partial charge in [0, 0.05) is 13.1 Å². The van der Waals surface area contributed by atoms with Crippen molar-refractivity contribution >= 4 is 0 Å². The summed E-state index contributed by atoms with van der Waals surface area (Å²) in [7, 11) is 0. The van der Waals surface area contributed by atoms with E-state index in [2.05, 4.69) is 42.3 Å². The molecule has 19 heavy (non-hydrogen) atoms. The Morgan fingerprint density at radius 3 is 2.63 bits per heavy atom. The fraction of sp³-hybridized carbons (Fsp3) is 0.688. The summed E-state index contributed by atoms with van der Waals surface area (Å²) < 4.78 is 0. The van der Waals surface area contributed by atoms with Crippen LogP contribution in [0.25, 0.3) is 0 Å². The Morgan fingerprint density at radius 2 is 1.89 bits per heavy atom. The zero-order chi connectivity index (χ0) is 13.5. The molecule has 0 atom stereocenters. The minimum atomic E-state index is 0.691. The molecule has 0 aromatic carbocycles. The minimum Gasteiger partial charge on any atom is -0.311 e. The van der Waals surface area contributed by atoms with Crippen LogP contribution in [-0.2, 0) is 13.1 Å². The van der Waals surface area contributed by atoms with Crippen molar-refractivity contribution in [3.05, 3.63) is 29.6 Å². The predicted molar refractivity (Wildman–Crippen MR) is 79.9 cm³/mol. The molecule has 1 fully saturated rings. The average molecular weight is 261 g/mol. The van der Waals surface area contributed by atoms with Crippen LogP contribution in [-0.4, -0.2) is 29.5 Å². The molecule has 106 valence electrons. The summed E-state index contributed by atoms with van der Waals surface area (Å²) >= 11 is 0. The van der Waals surface area contributed by atoms with Crippen molar-refractivity contribution in [1.29, 1.82) is 0 Å². The molecule has 2 rings (SSSR count). The van der Waals surface area contributed by atoms with Gasteiger partial charge in [0.05, 0.1) is 11.4 Å². The number of pyridine rings is 1. The summed E-state index contributed by atoms with van der Waals surface area (Å²) in [6.45, 7) is 9.87. The van der Waals surface area contributed by atoms with E-state index < -0.39 is 0 Å². The lowest BCUT2D eigenvalue weighted by Gasteiger charge is -2.26. The van der Waals surface area contributed by atoms with Crippen molar-refractivity contribution in [3.8, 4) is 0 Å². The van der Waals surface area contributed by atoms with Gasteiger partial charge < -0.3 is 5.32 Å². The van der Waals surface area contributed by atoms with Crippen LogP contribution in [0.5, 0.6) is 0 Å². The van der Waals surface area contributed by atoms with Crippen molar-refractivity contribution in [2.24, 2.45) is 5.92 Å². The van der Waals surface area contributed by atoms with Crippen molar-refractivity contribution in [2.45, 2.75) is 46.2 Å². The molecule has 0 saturated carbocycles. The first-order valence-electron chi connectivity index (χ1n) is 7.62. The van der Waals surface area contributed by atoms with E-state index in [9.17, 15) is 0 Å². The number of likely N-dealkylation sites (tertiary alicyclic amines) is 1. The topological polar surface area (TPSA) is 28.2 Å². The highest BCUT2D eigenvalue weighted by Gasteiger charge is 2.11. The van der Waals surface area contributed by atoms with Crippen molar-refractivity contribution < 1.29 is 0 Å². The van der Waals surface area contributed by atoms with Gasteiger partial charge in [-0.05, 0) is 50.5 Å². The second-order valence-electron chi connectivity index (χ2n) is 5.98. The minimum absolute atomic E-state index is 0.691. The highest BCUT2D eigenvalue weighted by molar-refractivity contribution is 5.11. The van der Waals surface area contributed by atoms with E-state index in [1.54, 1.807) is 0 Å². The summed E-state index contributed by atoms with van der Waals surface area (Å²) in [5, 5.41) is 3.46. The number of nitrogens with zero attached hydrogens (tertiary/aromatic N) is 2. The second kappa shape index (κ2) is 7.61. The highest BCUT2D eigenvalue weighted by atomic mass is 15.1. The SMILES string of the molecule is CC(C)CNCc1cccc(CN2CCCCC2)n1. The third-order valence-electron chi connectivity index (χ3n) is 3.56. The van der Waals surface area contributed by atoms with E-state index in [1.807, 2.05) is 0 Å². The van der Waals surface area contributed by atoms with Gasteiger partial charge in [0.25, 0.3) is 0 Å². The molecule has 1 N–H and O–H groups in total. The van der Waals surface area contributed by atoms with E-state index in [0.717, 1.165) is 25.3 Å². The summed E-state index contributed by atoms with van der Waals surface area (Å²) in [5.74, 6) is 0.691. The molecule has 1 aromatic heterocycles. The fourth-order valence-electron chi connectivity index (χ4n) is 2.55. The lowest BCUT2D eigenvalue weighted by molar-refractivity contribution is 0.218. The lowest BCUT2D eigenvalue weighted by atomic mass is 10.1. The van der Waals surface area contributed by atoms with E-state index in [1.165, 1.54) is 38.0 Å². The van der Waals surface area contributed by atoms with E-state index >= 15 is 0 Å². The van der Waals surface area contributed by atoms with Crippen LogP contribution in [0.4, 0.5) is 0 Å². The third kappa shape index (κ3) is 5.29. The number of hydrogen-bond acceptors (Lipinski definition) is 3. The number of nitrogens with one attached hydrogen (secondary N) is 1. The van der Waals surface area contributed by atoms with Gasteiger partial charge in [-0.3, -0.25) is 9.88 Å². The maximum absolute atomic E-state index is 4.76. The first-order valence-corrected chi connectivity index (χ1v) is 7.62. The molecular formula is C16H27N3. The van der Waals surface area contributed by atoms with Gasteiger partial charge in [-0.2, -0.15) is 0 Å². The van der Waals surface area contributed by atoms with Crippen molar-refractivity contribution in [1.82, 2.24) is 15.2 Å². The molecule has 1 aliphatic heterocycles. The Morgan fingerprint density at radius 1 is 1.16 bits per heavy atom. The number of rotatable bonds is 6. The Balaban J connectivity index is 1.83. The molecule has 3 nitrogen and oxygen atoms in total. The highest BCUT2D eigenvalue weighted by Crippen LogP contribution is 2.12. The normalized spacial score (nSPS) is 17.0. The maximum atomic E-state index is 4.76. The molecule has 0 bridgehead atoms. The maximum Gasteiger partial charge on any atom is 0.0547 e. The van der Waals surface area contributed by atoms with Gasteiger partial charge in [-0.25, -0.2) is 0 Å². The first-order chi connectivity index (χ1) is 9.24. The number of piperidine rings is 1. The molecule has 2 heterocycles. The van der Waals surface area contributed by atoms with Gasteiger partial charge in [-0.15, -0.1) is 0 Å². The van der Waals surface area contributed by atoms with Crippen molar-refractivity contribution in [3.63, 3.8) is 0 Å². The van der Waals surface area contributed by atoms with E-state index in [4.69, 9.17) is 4.98 Å². The van der Waals surface area contributed by atoms with Crippen LogP contribution in [0.15, 0.2) is 18.2 Å². The Kier molecular flexibility index (Phi) is 5.80. The van der Waals surface area contributed by atoms with Crippen molar-refractivity contribution in [2.75, 3.05) is 19.6 Å². The third-order valence-corrected chi connectivity index (χ3v) is 3.56. The van der Waals surface area contributed by atoms with Gasteiger partial charge in [0.2, 0.25) is 0 Å². The van der Waals surface area contributed by atoms with Gasteiger partial charge in [0.15, 0.2) is 0 Å². The fourth-order valence-corrected chi connectivity index (χ4v) is 2.55. The van der Waals surface area contributed by atoms with Crippen LogP contribution in [0.2, 0.25) is 0 Å². The van der Waals surface area contributed by atoms with Crippen LogP contribution >= 0.6 is 0 Å². The van der Waals surface area contributed by atoms with Gasteiger partial charge in [0.1, 0.15) is 0 Å². The summed E-state index contributed by atoms with van der Waals surface area (Å²) in [4.78, 5) is 7.28. The quantitative estimate of drug-likeness (QED) is 0.853. The van der Waals surface area contributed by atoms with E-state index in [-0.39, 0.29) is 0 Å². The summed E-state index contributed by atoms with van der Waals surface area (Å²) in [6, 6.07) is 6.41. The molecular weight excluding hydrogens is 234 g/mol. The van der Waals surface area contributed by atoms with Gasteiger partial charge in [-0.1, -0.05) is 26.3 Å². The predicted octanol–water partition coefficient (Wildman–Crippen LogP) is 2.81. The first kappa shape index (κ1) is 14.5. The van der Waals surface area contributed by atoms with Crippen LogP contribution < -0.4 is 5.32 Å². The van der Waals surface area contributed by atoms with Crippen LogP contribution in [0.3, 0.4) is 0 Å². The zero-order valence-corrected chi connectivity index (χ0v) is 12.4. The van der Waals surface area contributed by atoms with E-state index in [0.29, 0.717) is 5.92 Å². The smallest absolute Gasteiger partial charge is 0.0547 e. The average Bonchev–Trinajstić information content (AvgIpc) is 2.40. The molecule has 0 aliphatic carbocycles. The molecule has 0 amide bonds. The molecule has 3 heteroatoms. The monoisotopic (exact) mass is 261 g/mol. The number of aromatic nitrogens is 1. The second-order valence-corrected chi connectivity index (χ2v) is 5.98. The molecule has 0 unspecified atom stereocenters.